The number of ketones is 1. The number of hydrogen-bond acceptors (Lipinski definition) is 1. The average Bonchev–Trinajstić information content (AvgIpc) is 2.04. The van der Waals surface area contributed by atoms with Gasteiger partial charge in [-0.25, -0.2) is 0 Å². The smallest absolute Gasteiger partial charge is 0.141 e. The highest BCUT2D eigenvalue weighted by Crippen LogP contribution is 2.04. The summed E-state index contributed by atoms with van der Waals surface area (Å²) in [5, 5.41) is 0. The lowest BCUT2D eigenvalue weighted by atomic mass is 10.0. The second-order valence-corrected chi connectivity index (χ2v) is 3.33. The highest BCUT2D eigenvalue weighted by Gasteiger charge is 2.02. The van der Waals surface area contributed by atoms with Crippen molar-refractivity contribution in [3.8, 4) is 0 Å². The Kier molecular flexibility index (Phi) is 3.44. The molecule has 0 spiro atoms. The van der Waals surface area contributed by atoms with Crippen LogP contribution in [-0.4, -0.2) is 5.78 Å². The van der Waals surface area contributed by atoms with Gasteiger partial charge in [-0.15, -0.1) is 0 Å². The molecular weight excluding hydrogens is 160 g/mol. The van der Waals surface area contributed by atoms with Gasteiger partial charge in [-0.1, -0.05) is 42.5 Å². The van der Waals surface area contributed by atoms with Crippen LogP contribution in [0.15, 0.2) is 42.5 Å². The van der Waals surface area contributed by atoms with Crippen molar-refractivity contribution in [1.29, 1.82) is 0 Å². The Balaban J connectivity index is 2.50. The molecule has 13 heavy (non-hydrogen) atoms. The summed E-state index contributed by atoms with van der Waals surface area (Å²) in [6.45, 7) is 5.59. The van der Waals surface area contributed by atoms with Gasteiger partial charge in [0, 0.05) is 12.8 Å². The van der Waals surface area contributed by atoms with Crippen molar-refractivity contribution in [2.24, 2.45) is 0 Å². The summed E-state index contributed by atoms with van der Waals surface area (Å²) in [5.41, 5.74) is 2.01. The van der Waals surface area contributed by atoms with Crippen molar-refractivity contribution in [1.82, 2.24) is 0 Å². The predicted octanol–water partition coefficient (Wildman–Crippen LogP) is 2.76. The number of hydrogen-bond donors (Lipinski definition) is 0. The van der Waals surface area contributed by atoms with Crippen molar-refractivity contribution < 1.29 is 4.79 Å². The van der Waals surface area contributed by atoms with E-state index in [1.54, 1.807) is 0 Å². The van der Waals surface area contributed by atoms with Gasteiger partial charge in [-0.2, -0.15) is 0 Å². The third-order valence-corrected chi connectivity index (χ3v) is 1.74. The van der Waals surface area contributed by atoms with Gasteiger partial charge in [0.05, 0.1) is 0 Å². The molecule has 0 aliphatic heterocycles. The van der Waals surface area contributed by atoms with Gasteiger partial charge in [0.15, 0.2) is 0 Å². The first-order valence-corrected chi connectivity index (χ1v) is 4.38. The molecule has 0 aromatic heterocycles. The van der Waals surface area contributed by atoms with Crippen LogP contribution in [0.5, 0.6) is 0 Å². The molecule has 0 aliphatic carbocycles. The number of carbonyl (C=O) groups excluding carboxylic acids is 1. The molecule has 0 bridgehead atoms. The van der Waals surface area contributed by atoms with E-state index in [0.29, 0.717) is 12.8 Å². The minimum absolute atomic E-state index is 0.235. The van der Waals surface area contributed by atoms with E-state index in [9.17, 15) is 4.79 Å². The maximum atomic E-state index is 11.4. The molecule has 0 saturated carbocycles. The van der Waals surface area contributed by atoms with Gasteiger partial charge in [0.2, 0.25) is 0 Å². The van der Waals surface area contributed by atoms with Crippen LogP contribution in [0.1, 0.15) is 18.9 Å². The Bertz CT molecular complexity index is 298. The molecule has 1 aromatic rings. The summed E-state index contributed by atoms with van der Waals surface area (Å²) in [6.07, 6.45) is 1.02. The molecular formula is C12H14O. The van der Waals surface area contributed by atoms with Gasteiger partial charge in [0.25, 0.3) is 0 Å². The molecule has 0 saturated heterocycles. The molecule has 0 fully saturated rings. The lowest BCUT2D eigenvalue weighted by Crippen LogP contribution is -2.02. The van der Waals surface area contributed by atoms with E-state index in [4.69, 9.17) is 0 Å². The van der Waals surface area contributed by atoms with Gasteiger partial charge < -0.3 is 0 Å². The van der Waals surface area contributed by atoms with Gasteiger partial charge in [0.1, 0.15) is 5.78 Å². The third kappa shape index (κ3) is 3.70. The van der Waals surface area contributed by atoms with Crippen molar-refractivity contribution in [2.45, 2.75) is 19.8 Å². The van der Waals surface area contributed by atoms with Crippen molar-refractivity contribution >= 4 is 5.78 Å². The van der Waals surface area contributed by atoms with Crippen LogP contribution in [0.25, 0.3) is 0 Å². The SMILES string of the molecule is C=C(C)CC(=O)Cc1ccccc1. The molecule has 0 amide bonds. The quantitative estimate of drug-likeness (QED) is 0.641. The second kappa shape index (κ2) is 4.61. The summed E-state index contributed by atoms with van der Waals surface area (Å²) in [4.78, 5) is 11.4. The van der Waals surface area contributed by atoms with Gasteiger partial charge in [-0.3, -0.25) is 4.79 Å². The molecule has 68 valence electrons. The van der Waals surface area contributed by atoms with Crippen LogP contribution >= 0.6 is 0 Å². The standard InChI is InChI=1S/C12H14O/c1-10(2)8-12(13)9-11-6-4-3-5-7-11/h3-7H,1,8-9H2,2H3. The van der Waals surface area contributed by atoms with Crippen molar-refractivity contribution in [2.75, 3.05) is 0 Å². The molecule has 0 atom stereocenters. The van der Waals surface area contributed by atoms with Gasteiger partial charge >= 0.3 is 0 Å². The fourth-order valence-electron chi connectivity index (χ4n) is 1.22. The van der Waals surface area contributed by atoms with E-state index < -0.39 is 0 Å². The first kappa shape index (κ1) is 9.72. The zero-order valence-corrected chi connectivity index (χ0v) is 7.92. The van der Waals surface area contributed by atoms with E-state index in [-0.39, 0.29) is 5.78 Å². The Morgan fingerprint density at radius 3 is 2.46 bits per heavy atom. The van der Waals surface area contributed by atoms with E-state index in [0.717, 1.165) is 11.1 Å². The summed E-state index contributed by atoms with van der Waals surface area (Å²) < 4.78 is 0. The zero-order chi connectivity index (χ0) is 9.68. The maximum Gasteiger partial charge on any atom is 0.141 e. The monoisotopic (exact) mass is 174 g/mol. The van der Waals surface area contributed by atoms with Crippen LogP contribution in [0.3, 0.4) is 0 Å². The lowest BCUT2D eigenvalue weighted by Gasteiger charge is -1.99. The van der Waals surface area contributed by atoms with E-state index in [1.165, 1.54) is 0 Å². The average molecular weight is 174 g/mol. The number of carbonyl (C=O) groups is 1. The van der Waals surface area contributed by atoms with E-state index >= 15 is 0 Å². The van der Waals surface area contributed by atoms with E-state index in [1.807, 2.05) is 37.3 Å². The Morgan fingerprint density at radius 1 is 1.31 bits per heavy atom. The zero-order valence-electron chi connectivity index (χ0n) is 7.92. The molecule has 0 N–H and O–H groups in total. The Morgan fingerprint density at radius 2 is 1.92 bits per heavy atom. The van der Waals surface area contributed by atoms with E-state index in [2.05, 4.69) is 6.58 Å². The van der Waals surface area contributed by atoms with Crippen molar-refractivity contribution in [3.05, 3.63) is 48.0 Å². The number of Topliss-reactive ketones (excluding diaryl/α,β-unsaturated/α-hetero) is 1. The first-order valence-electron chi connectivity index (χ1n) is 4.38. The minimum atomic E-state index is 0.235. The van der Waals surface area contributed by atoms with Gasteiger partial charge in [-0.05, 0) is 12.5 Å². The fraction of sp³-hybridized carbons (Fsp3) is 0.250. The number of allylic oxidation sites excluding steroid dienone is 1. The minimum Gasteiger partial charge on any atom is -0.299 e. The predicted molar refractivity (Wildman–Crippen MR) is 54.6 cm³/mol. The fourth-order valence-corrected chi connectivity index (χ4v) is 1.22. The molecule has 0 radical (unpaired) electrons. The second-order valence-electron chi connectivity index (χ2n) is 3.33. The molecule has 0 aliphatic rings. The molecule has 1 heteroatoms. The highest BCUT2D eigenvalue weighted by molar-refractivity contribution is 5.82. The lowest BCUT2D eigenvalue weighted by molar-refractivity contribution is -0.117. The first-order chi connectivity index (χ1) is 6.18. The summed E-state index contributed by atoms with van der Waals surface area (Å²) in [5.74, 6) is 0.235. The van der Waals surface area contributed by atoms with Crippen molar-refractivity contribution in [3.63, 3.8) is 0 Å². The molecule has 0 unspecified atom stereocenters. The molecule has 1 rings (SSSR count). The maximum absolute atomic E-state index is 11.4. The Labute approximate surface area is 79.1 Å². The summed E-state index contributed by atoms with van der Waals surface area (Å²) >= 11 is 0. The molecule has 1 aromatic carbocycles. The highest BCUT2D eigenvalue weighted by atomic mass is 16.1. The van der Waals surface area contributed by atoms with Crippen LogP contribution < -0.4 is 0 Å². The number of rotatable bonds is 4. The summed E-state index contributed by atoms with van der Waals surface area (Å²) in [6, 6.07) is 9.78. The van der Waals surface area contributed by atoms with Crippen LogP contribution in [0.4, 0.5) is 0 Å². The Hall–Kier alpha value is -1.37. The molecule has 0 heterocycles. The van der Waals surface area contributed by atoms with Crippen LogP contribution in [0, 0.1) is 0 Å². The largest absolute Gasteiger partial charge is 0.299 e. The normalized spacial score (nSPS) is 9.62. The summed E-state index contributed by atoms with van der Waals surface area (Å²) in [7, 11) is 0. The topological polar surface area (TPSA) is 17.1 Å². The van der Waals surface area contributed by atoms with Crippen LogP contribution in [0.2, 0.25) is 0 Å². The molecule has 1 nitrogen and oxygen atoms in total. The third-order valence-electron chi connectivity index (χ3n) is 1.74. The number of benzene rings is 1. The van der Waals surface area contributed by atoms with Crippen LogP contribution in [-0.2, 0) is 11.2 Å².